The molecule has 1 saturated carbocycles. The molecule has 1 saturated heterocycles. The van der Waals surface area contributed by atoms with Crippen LogP contribution in [0.5, 0.6) is 0 Å². The maximum atomic E-state index is 3.64. The van der Waals surface area contributed by atoms with Gasteiger partial charge >= 0.3 is 0 Å². The van der Waals surface area contributed by atoms with Crippen molar-refractivity contribution in [2.45, 2.75) is 24.9 Å². The van der Waals surface area contributed by atoms with Gasteiger partial charge in [0.2, 0.25) is 0 Å². The molecule has 1 aliphatic heterocycles. The summed E-state index contributed by atoms with van der Waals surface area (Å²) in [6, 6.07) is 21.4. The van der Waals surface area contributed by atoms with Crippen molar-refractivity contribution in [1.29, 1.82) is 0 Å². The zero-order chi connectivity index (χ0) is 16.2. The molecule has 2 fully saturated rings. The summed E-state index contributed by atoms with van der Waals surface area (Å²) in [5.41, 5.74) is 3.08. The molecule has 0 spiro atoms. The van der Waals surface area contributed by atoms with Crippen molar-refractivity contribution >= 4 is 5.69 Å². The Kier molecular flexibility index (Phi) is 4.54. The van der Waals surface area contributed by atoms with Crippen molar-refractivity contribution in [3.05, 3.63) is 66.2 Å². The van der Waals surface area contributed by atoms with Gasteiger partial charge in [-0.1, -0.05) is 48.5 Å². The molecule has 2 aromatic carbocycles. The van der Waals surface area contributed by atoms with Crippen LogP contribution in [-0.4, -0.2) is 48.1 Å². The monoisotopic (exact) mass is 321 g/mol. The number of rotatable bonds is 6. The van der Waals surface area contributed by atoms with Crippen LogP contribution >= 0.6 is 0 Å². The Morgan fingerprint density at radius 3 is 2.04 bits per heavy atom. The first-order valence-corrected chi connectivity index (χ1v) is 9.14. The Labute approximate surface area is 145 Å². The third-order valence-electron chi connectivity index (χ3n) is 5.51. The largest absolute Gasteiger partial charge is 0.383 e. The second-order valence-corrected chi connectivity index (χ2v) is 7.19. The summed E-state index contributed by atoms with van der Waals surface area (Å²) >= 11 is 0. The Hall–Kier alpha value is -1.84. The van der Waals surface area contributed by atoms with E-state index in [2.05, 4.69) is 75.8 Å². The molecule has 3 heteroatoms. The molecule has 0 bridgehead atoms. The predicted molar refractivity (Wildman–Crippen MR) is 100 cm³/mol. The van der Waals surface area contributed by atoms with Gasteiger partial charge < -0.3 is 5.32 Å². The standard InChI is InChI=1S/C21H27N3/c1-3-7-19(8-4-1)17-23-13-15-24(16-14-23)21(11-12-21)18-22-20-9-5-2-6-10-20/h1-10,22H,11-18H2. The van der Waals surface area contributed by atoms with E-state index in [1.165, 1.54) is 50.3 Å². The van der Waals surface area contributed by atoms with Gasteiger partial charge in [-0.15, -0.1) is 0 Å². The first-order chi connectivity index (χ1) is 11.8. The normalized spacial score (nSPS) is 20.7. The zero-order valence-corrected chi connectivity index (χ0v) is 14.3. The Morgan fingerprint density at radius 1 is 0.792 bits per heavy atom. The zero-order valence-electron chi connectivity index (χ0n) is 14.3. The van der Waals surface area contributed by atoms with Crippen LogP contribution in [0.4, 0.5) is 5.69 Å². The van der Waals surface area contributed by atoms with Gasteiger partial charge in [-0.05, 0) is 30.5 Å². The minimum atomic E-state index is 0.411. The molecule has 126 valence electrons. The van der Waals surface area contributed by atoms with Gasteiger partial charge in [0.1, 0.15) is 0 Å². The van der Waals surface area contributed by atoms with E-state index in [1.54, 1.807) is 0 Å². The number of hydrogen-bond acceptors (Lipinski definition) is 3. The summed E-state index contributed by atoms with van der Waals surface area (Å²) in [5.74, 6) is 0. The highest BCUT2D eigenvalue weighted by Crippen LogP contribution is 2.42. The van der Waals surface area contributed by atoms with Crippen molar-refractivity contribution in [2.24, 2.45) is 0 Å². The third kappa shape index (κ3) is 3.63. The van der Waals surface area contributed by atoms with E-state index in [9.17, 15) is 0 Å². The third-order valence-corrected chi connectivity index (χ3v) is 5.51. The minimum absolute atomic E-state index is 0.411. The quantitative estimate of drug-likeness (QED) is 0.879. The lowest BCUT2D eigenvalue weighted by Gasteiger charge is -2.40. The summed E-state index contributed by atoms with van der Waals surface area (Å²) in [5, 5.41) is 3.64. The molecule has 1 aliphatic carbocycles. The number of hydrogen-bond donors (Lipinski definition) is 1. The lowest BCUT2D eigenvalue weighted by atomic mass is 10.1. The molecule has 0 amide bonds. The molecule has 0 aromatic heterocycles. The minimum Gasteiger partial charge on any atom is -0.383 e. The molecular weight excluding hydrogens is 294 g/mol. The Bertz CT molecular complexity index is 629. The molecule has 24 heavy (non-hydrogen) atoms. The number of nitrogens with one attached hydrogen (secondary N) is 1. The molecule has 2 aliphatic rings. The van der Waals surface area contributed by atoms with Crippen LogP contribution in [0.25, 0.3) is 0 Å². The van der Waals surface area contributed by atoms with Crippen molar-refractivity contribution in [1.82, 2.24) is 9.80 Å². The fraction of sp³-hybridized carbons (Fsp3) is 0.429. The van der Waals surface area contributed by atoms with E-state index in [0.29, 0.717) is 5.54 Å². The Morgan fingerprint density at radius 2 is 1.42 bits per heavy atom. The molecule has 3 nitrogen and oxygen atoms in total. The maximum Gasteiger partial charge on any atom is 0.0384 e. The molecule has 4 rings (SSSR count). The summed E-state index contributed by atoms with van der Waals surface area (Å²) < 4.78 is 0. The molecule has 1 heterocycles. The van der Waals surface area contributed by atoms with Crippen molar-refractivity contribution in [3.63, 3.8) is 0 Å². The first kappa shape index (κ1) is 15.7. The fourth-order valence-corrected chi connectivity index (χ4v) is 3.79. The van der Waals surface area contributed by atoms with Gasteiger partial charge in [-0.25, -0.2) is 0 Å². The van der Waals surface area contributed by atoms with Crippen molar-refractivity contribution in [2.75, 3.05) is 38.0 Å². The molecule has 2 aromatic rings. The van der Waals surface area contributed by atoms with Crippen LogP contribution in [0.2, 0.25) is 0 Å². The molecule has 1 N–H and O–H groups in total. The highest BCUT2D eigenvalue weighted by Gasteiger charge is 2.48. The van der Waals surface area contributed by atoms with Gasteiger partial charge in [0.05, 0.1) is 0 Å². The number of nitrogens with zero attached hydrogens (tertiary/aromatic N) is 2. The topological polar surface area (TPSA) is 18.5 Å². The van der Waals surface area contributed by atoms with Crippen LogP contribution in [-0.2, 0) is 6.54 Å². The second kappa shape index (κ2) is 6.96. The van der Waals surface area contributed by atoms with E-state index in [4.69, 9.17) is 0 Å². The van der Waals surface area contributed by atoms with Crippen LogP contribution < -0.4 is 5.32 Å². The van der Waals surface area contributed by atoms with Crippen LogP contribution in [0.1, 0.15) is 18.4 Å². The van der Waals surface area contributed by atoms with Gasteiger partial charge in [0.15, 0.2) is 0 Å². The fourth-order valence-electron chi connectivity index (χ4n) is 3.79. The predicted octanol–water partition coefficient (Wildman–Crippen LogP) is 3.45. The van der Waals surface area contributed by atoms with Crippen LogP contribution in [0.15, 0.2) is 60.7 Å². The van der Waals surface area contributed by atoms with Crippen LogP contribution in [0, 0.1) is 0 Å². The summed E-state index contributed by atoms with van der Waals surface area (Å²) in [7, 11) is 0. The number of para-hydroxylation sites is 1. The smallest absolute Gasteiger partial charge is 0.0384 e. The SMILES string of the molecule is c1ccc(CN2CCN(C3(CNc4ccccc4)CC3)CC2)cc1. The van der Waals surface area contributed by atoms with Gasteiger partial charge in [-0.3, -0.25) is 9.80 Å². The summed E-state index contributed by atoms with van der Waals surface area (Å²) in [6.45, 7) is 6.93. The van der Waals surface area contributed by atoms with E-state index in [-0.39, 0.29) is 0 Å². The molecule has 0 unspecified atom stereocenters. The van der Waals surface area contributed by atoms with E-state index in [0.717, 1.165) is 13.1 Å². The summed E-state index contributed by atoms with van der Waals surface area (Å²) in [4.78, 5) is 5.32. The maximum absolute atomic E-state index is 3.64. The second-order valence-electron chi connectivity index (χ2n) is 7.19. The number of benzene rings is 2. The molecule has 0 atom stereocenters. The first-order valence-electron chi connectivity index (χ1n) is 9.14. The van der Waals surface area contributed by atoms with E-state index >= 15 is 0 Å². The lowest BCUT2D eigenvalue weighted by Crippen LogP contribution is -2.53. The highest BCUT2D eigenvalue weighted by molar-refractivity contribution is 5.43. The van der Waals surface area contributed by atoms with E-state index in [1.807, 2.05) is 0 Å². The Balaban J connectivity index is 1.28. The van der Waals surface area contributed by atoms with Crippen molar-refractivity contribution < 1.29 is 0 Å². The number of piperazine rings is 1. The van der Waals surface area contributed by atoms with Crippen molar-refractivity contribution in [3.8, 4) is 0 Å². The highest BCUT2D eigenvalue weighted by atomic mass is 15.3. The summed E-state index contributed by atoms with van der Waals surface area (Å²) in [6.07, 6.45) is 2.68. The molecule has 0 radical (unpaired) electrons. The van der Waals surface area contributed by atoms with E-state index < -0.39 is 0 Å². The average Bonchev–Trinajstić information content (AvgIpc) is 3.44. The van der Waals surface area contributed by atoms with Crippen LogP contribution in [0.3, 0.4) is 0 Å². The molecular formula is C21H27N3. The van der Waals surface area contributed by atoms with Gasteiger partial charge in [0.25, 0.3) is 0 Å². The average molecular weight is 321 g/mol. The van der Waals surface area contributed by atoms with Gasteiger partial charge in [0, 0.05) is 50.5 Å². The number of anilines is 1. The van der Waals surface area contributed by atoms with Gasteiger partial charge in [-0.2, -0.15) is 0 Å². The lowest BCUT2D eigenvalue weighted by molar-refractivity contribution is 0.0856.